The van der Waals surface area contributed by atoms with Crippen molar-refractivity contribution in [2.75, 3.05) is 19.5 Å². The Bertz CT molecular complexity index is 1470. The highest BCUT2D eigenvalue weighted by molar-refractivity contribution is 5.97. The Kier molecular flexibility index (Phi) is 10.4. The van der Waals surface area contributed by atoms with Gasteiger partial charge in [-0.2, -0.15) is 10.2 Å². The van der Waals surface area contributed by atoms with Crippen molar-refractivity contribution in [2.45, 2.75) is 78.7 Å². The van der Waals surface area contributed by atoms with Gasteiger partial charge in [0.25, 0.3) is 0 Å². The molecule has 0 unspecified atom stereocenters. The number of aliphatic imine (C=N–C) groups is 1. The zero-order valence-corrected chi connectivity index (χ0v) is 26.4. The van der Waals surface area contributed by atoms with Crippen molar-refractivity contribution in [3.63, 3.8) is 0 Å². The smallest absolute Gasteiger partial charge is 0.143 e. The first-order chi connectivity index (χ1) is 20.2. The van der Waals surface area contributed by atoms with Crippen LogP contribution in [0.2, 0.25) is 0 Å². The van der Waals surface area contributed by atoms with Crippen LogP contribution in [0.4, 0.5) is 11.5 Å². The maximum atomic E-state index is 5.78. The Hall–Kier alpha value is -4.07. The number of hydrogen-bond acceptors (Lipinski definition) is 5. The Balaban J connectivity index is 1.75. The number of aromatic nitrogens is 3. The number of amidine groups is 1. The molecule has 2 heterocycles. The van der Waals surface area contributed by atoms with E-state index in [4.69, 9.17) is 9.73 Å². The van der Waals surface area contributed by atoms with Gasteiger partial charge < -0.3 is 14.6 Å². The van der Waals surface area contributed by atoms with Crippen molar-refractivity contribution < 1.29 is 4.74 Å². The standard InChI is InChI=1S/C34H47N7O/c1-9-18-35-40(7)25(4)27-16-17-31(33(21-27)42-8)37-26(5)38-34-28(19-24(3)10-2)20-32(29-22-36-39(6)23-29)41(34)30-14-12-11-13-15-30/h16-23,30H,4,9-15H2,1-3,5-8H3,(H,37,38)/b24-19?,35-18-. The van der Waals surface area contributed by atoms with E-state index in [1.54, 1.807) is 12.1 Å². The number of methoxy groups -OCH3 is 1. The minimum Gasteiger partial charge on any atom is -0.495 e. The van der Waals surface area contributed by atoms with E-state index in [0.717, 1.165) is 71.2 Å². The number of nitrogens with zero attached hydrogens (tertiary/aromatic N) is 6. The van der Waals surface area contributed by atoms with Crippen LogP contribution in [0.1, 0.15) is 89.8 Å². The first-order valence-corrected chi connectivity index (χ1v) is 15.1. The molecule has 1 aliphatic rings. The van der Waals surface area contributed by atoms with Crippen molar-refractivity contribution in [1.82, 2.24) is 19.4 Å². The van der Waals surface area contributed by atoms with Crippen LogP contribution < -0.4 is 10.1 Å². The Labute approximate surface area is 251 Å². The molecule has 0 atom stereocenters. The van der Waals surface area contributed by atoms with Gasteiger partial charge in [-0.1, -0.05) is 57.4 Å². The monoisotopic (exact) mass is 569 g/mol. The number of hydrogen-bond donors (Lipinski definition) is 1. The SMILES string of the molecule is C=C(c1ccc(N/C(C)=N/c2c(C=C(C)CC)cc(-c3cnn(C)c3)n2C2CCCCC2)c(OC)c1)N(C)/N=C\CC. The van der Waals surface area contributed by atoms with Crippen LogP contribution in [-0.2, 0) is 7.05 Å². The van der Waals surface area contributed by atoms with E-state index >= 15 is 0 Å². The van der Waals surface area contributed by atoms with Crippen LogP contribution in [0.3, 0.4) is 0 Å². The summed E-state index contributed by atoms with van der Waals surface area (Å²) in [7, 11) is 5.55. The van der Waals surface area contributed by atoms with E-state index in [0.29, 0.717) is 6.04 Å². The molecule has 42 heavy (non-hydrogen) atoms. The lowest BCUT2D eigenvalue weighted by Crippen LogP contribution is -2.15. The second kappa shape index (κ2) is 14.2. The largest absolute Gasteiger partial charge is 0.495 e. The average Bonchev–Trinajstić information content (AvgIpc) is 3.58. The second-order valence-corrected chi connectivity index (χ2v) is 11.1. The van der Waals surface area contributed by atoms with E-state index < -0.39 is 0 Å². The molecule has 224 valence electrons. The van der Waals surface area contributed by atoms with Gasteiger partial charge in [-0.25, -0.2) is 4.99 Å². The maximum Gasteiger partial charge on any atom is 0.143 e. The topological polar surface area (TPSA) is 72.0 Å². The molecule has 1 aliphatic carbocycles. The molecule has 1 N–H and O–H groups in total. The molecule has 0 amide bonds. The third kappa shape index (κ3) is 7.22. The molecule has 1 fully saturated rings. The number of nitrogens with one attached hydrogen (secondary N) is 1. The summed E-state index contributed by atoms with van der Waals surface area (Å²) in [5.74, 6) is 2.50. The van der Waals surface area contributed by atoms with E-state index in [2.05, 4.69) is 65.8 Å². The van der Waals surface area contributed by atoms with E-state index in [9.17, 15) is 0 Å². The van der Waals surface area contributed by atoms with Gasteiger partial charge in [-0.3, -0.25) is 9.69 Å². The van der Waals surface area contributed by atoms with Crippen molar-refractivity contribution in [3.8, 4) is 17.0 Å². The van der Waals surface area contributed by atoms with Gasteiger partial charge in [0.05, 0.1) is 30.4 Å². The molecule has 4 rings (SSSR count). The minimum atomic E-state index is 0.400. The maximum absolute atomic E-state index is 5.78. The number of allylic oxidation sites excluding steroid dienone is 1. The van der Waals surface area contributed by atoms with Crippen molar-refractivity contribution in [2.24, 2.45) is 17.1 Å². The fraction of sp³-hybridized carbons (Fsp3) is 0.441. The molecule has 1 aromatic carbocycles. The van der Waals surface area contributed by atoms with Gasteiger partial charge in [0.15, 0.2) is 0 Å². The summed E-state index contributed by atoms with van der Waals surface area (Å²) in [5, 5.41) is 14.2. The molecule has 0 bridgehead atoms. The predicted molar refractivity (Wildman–Crippen MR) is 178 cm³/mol. The van der Waals surface area contributed by atoms with Crippen molar-refractivity contribution in [3.05, 3.63) is 59.9 Å². The van der Waals surface area contributed by atoms with E-state index in [1.807, 2.05) is 56.3 Å². The number of benzene rings is 1. The highest BCUT2D eigenvalue weighted by Gasteiger charge is 2.25. The molecule has 1 saturated carbocycles. The zero-order valence-electron chi connectivity index (χ0n) is 26.4. The molecule has 0 aliphatic heterocycles. The fourth-order valence-corrected chi connectivity index (χ4v) is 5.43. The summed E-state index contributed by atoms with van der Waals surface area (Å²) >= 11 is 0. The molecule has 0 radical (unpaired) electrons. The number of aryl methyl sites for hydroxylation is 1. The van der Waals surface area contributed by atoms with E-state index in [-0.39, 0.29) is 0 Å². The van der Waals surface area contributed by atoms with Gasteiger partial charge >= 0.3 is 0 Å². The number of rotatable bonds is 11. The Morgan fingerprint density at radius 3 is 2.60 bits per heavy atom. The zero-order chi connectivity index (χ0) is 30.2. The summed E-state index contributed by atoms with van der Waals surface area (Å²) in [6.45, 7) is 12.7. The van der Waals surface area contributed by atoms with Crippen LogP contribution >= 0.6 is 0 Å². The Morgan fingerprint density at radius 2 is 1.95 bits per heavy atom. The second-order valence-electron chi connectivity index (χ2n) is 11.1. The highest BCUT2D eigenvalue weighted by atomic mass is 16.5. The quantitative estimate of drug-likeness (QED) is 0.142. The number of ether oxygens (including phenoxy) is 1. The van der Waals surface area contributed by atoms with Gasteiger partial charge in [-0.05, 0) is 57.7 Å². The van der Waals surface area contributed by atoms with Gasteiger partial charge in [0.2, 0.25) is 0 Å². The Morgan fingerprint density at radius 1 is 1.19 bits per heavy atom. The molecule has 8 heteroatoms. The van der Waals surface area contributed by atoms with Crippen LogP contribution in [0.5, 0.6) is 5.75 Å². The summed E-state index contributed by atoms with van der Waals surface area (Å²) in [6, 6.07) is 8.72. The van der Waals surface area contributed by atoms with Crippen LogP contribution in [-0.4, -0.2) is 45.6 Å². The summed E-state index contributed by atoms with van der Waals surface area (Å²) < 4.78 is 10.1. The van der Waals surface area contributed by atoms with Gasteiger partial charge in [-0.15, -0.1) is 0 Å². The lowest BCUT2D eigenvalue weighted by molar-refractivity contribution is 0.358. The van der Waals surface area contributed by atoms with Crippen LogP contribution in [0.25, 0.3) is 23.0 Å². The van der Waals surface area contributed by atoms with Crippen LogP contribution in [0, 0.1) is 0 Å². The normalized spacial score (nSPS) is 14.9. The highest BCUT2D eigenvalue weighted by Crippen LogP contribution is 2.41. The van der Waals surface area contributed by atoms with Crippen molar-refractivity contribution >= 4 is 35.3 Å². The van der Waals surface area contributed by atoms with Gasteiger partial charge in [0, 0.05) is 49.2 Å². The summed E-state index contributed by atoms with van der Waals surface area (Å²) in [6.07, 6.45) is 16.1. The first kappa shape index (κ1) is 30.9. The molecule has 8 nitrogen and oxygen atoms in total. The molecule has 3 aromatic rings. The van der Waals surface area contributed by atoms with Gasteiger partial charge in [0.1, 0.15) is 17.4 Å². The molecular weight excluding hydrogens is 522 g/mol. The number of hydrazone groups is 1. The van der Waals surface area contributed by atoms with Crippen molar-refractivity contribution in [1.29, 1.82) is 0 Å². The third-order valence-electron chi connectivity index (χ3n) is 7.89. The van der Waals surface area contributed by atoms with E-state index in [1.165, 1.54) is 30.5 Å². The minimum absolute atomic E-state index is 0.400. The molecule has 0 saturated heterocycles. The lowest BCUT2D eigenvalue weighted by Gasteiger charge is -2.27. The average molecular weight is 570 g/mol. The lowest BCUT2D eigenvalue weighted by atomic mass is 9.95. The molecular formula is C34H47N7O. The fourth-order valence-electron chi connectivity index (χ4n) is 5.43. The molecule has 0 spiro atoms. The first-order valence-electron chi connectivity index (χ1n) is 15.1. The van der Waals surface area contributed by atoms with Crippen LogP contribution in [0.15, 0.2) is 58.9 Å². The third-order valence-corrected chi connectivity index (χ3v) is 7.89. The molecule has 2 aromatic heterocycles. The summed E-state index contributed by atoms with van der Waals surface area (Å²) in [5.41, 5.74) is 7.33. The predicted octanol–water partition coefficient (Wildman–Crippen LogP) is 8.68. The summed E-state index contributed by atoms with van der Waals surface area (Å²) in [4.78, 5) is 5.26. The number of anilines is 1.